The van der Waals surface area contributed by atoms with Gasteiger partial charge in [-0.3, -0.25) is 0 Å². The number of rotatable bonds is 4. The second-order valence-electron chi connectivity index (χ2n) is 4.89. The molecular formula is C16H18FNO. The lowest BCUT2D eigenvalue weighted by Gasteiger charge is -2.25. The van der Waals surface area contributed by atoms with Crippen molar-refractivity contribution in [3.8, 4) is 5.75 Å². The molecule has 1 unspecified atom stereocenters. The van der Waals surface area contributed by atoms with Gasteiger partial charge < -0.3 is 10.5 Å². The molecule has 2 N–H and O–H groups in total. The summed E-state index contributed by atoms with van der Waals surface area (Å²) in [7, 11) is 1.46. The van der Waals surface area contributed by atoms with E-state index in [1.54, 1.807) is 18.2 Å². The lowest BCUT2D eigenvalue weighted by molar-refractivity contribution is 0.380. The van der Waals surface area contributed by atoms with Crippen molar-refractivity contribution in [2.45, 2.75) is 18.9 Å². The second kappa shape index (κ2) is 5.41. The Morgan fingerprint density at radius 2 is 1.79 bits per heavy atom. The minimum atomic E-state index is -0.617. The van der Waals surface area contributed by atoms with Gasteiger partial charge in [-0.05, 0) is 30.5 Å². The van der Waals surface area contributed by atoms with Crippen LogP contribution in [0.5, 0.6) is 5.75 Å². The van der Waals surface area contributed by atoms with E-state index in [0.29, 0.717) is 12.0 Å². The summed E-state index contributed by atoms with van der Waals surface area (Å²) < 4.78 is 19.1. The van der Waals surface area contributed by atoms with Gasteiger partial charge in [-0.2, -0.15) is 0 Å². The molecule has 0 saturated carbocycles. The quantitative estimate of drug-likeness (QED) is 0.914. The zero-order valence-corrected chi connectivity index (χ0v) is 11.2. The van der Waals surface area contributed by atoms with Crippen molar-refractivity contribution in [1.29, 1.82) is 0 Å². The van der Waals surface area contributed by atoms with Crippen molar-refractivity contribution >= 4 is 0 Å². The van der Waals surface area contributed by atoms with Crippen molar-refractivity contribution in [3.63, 3.8) is 0 Å². The Bertz CT molecular complexity index is 552. The van der Waals surface area contributed by atoms with Gasteiger partial charge in [0.05, 0.1) is 7.11 Å². The summed E-state index contributed by atoms with van der Waals surface area (Å²) in [4.78, 5) is 0. The van der Waals surface area contributed by atoms with Gasteiger partial charge in [0.2, 0.25) is 0 Å². The van der Waals surface area contributed by atoms with Crippen LogP contribution >= 0.6 is 0 Å². The maximum absolute atomic E-state index is 14.1. The first-order valence-corrected chi connectivity index (χ1v) is 6.20. The van der Waals surface area contributed by atoms with Gasteiger partial charge in [0.25, 0.3) is 0 Å². The average molecular weight is 259 g/mol. The second-order valence-corrected chi connectivity index (χ2v) is 4.89. The first-order valence-electron chi connectivity index (χ1n) is 6.20. The summed E-state index contributed by atoms with van der Waals surface area (Å²) >= 11 is 0. The van der Waals surface area contributed by atoms with Crippen LogP contribution in [0.3, 0.4) is 0 Å². The molecule has 1 atom stereocenters. The van der Waals surface area contributed by atoms with Crippen molar-refractivity contribution in [1.82, 2.24) is 0 Å². The topological polar surface area (TPSA) is 35.2 Å². The minimum Gasteiger partial charge on any atom is -0.494 e. The molecule has 2 rings (SSSR count). The van der Waals surface area contributed by atoms with Gasteiger partial charge in [0.1, 0.15) is 0 Å². The summed E-state index contributed by atoms with van der Waals surface area (Å²) in [6.45, 7) is 1.90. The number of methoxy groups -OCH3 is 1. The van der Waals surface area contributed by atoms with Gasteiger partial charge in [0.15, 0.2) is 11.6 Å². The molecule has 0 amide bonds. The van der Waals surface area contributed by atoms with Gasteiger partial charge >= 0.3 is 0 Å². The smallest absolute Gasteiger partial charge is 0.168 e. The van der Waals surface area contributed by atoms with Crippen LogP contribution < -0.4 is 10.5 Å². The maximum Gasteiger partial charge on any atom is 0.168 e. The fourth-order valence-electron chi connectivity index (χ4n) is 2.17. The van der Waals surface area contributed by atoms with Crippen LogP contribution in [-0.4, -0.2) is 7.11 Å². The van der Waals surface area contributed by atoms with Gasteiger partial charge in [-0.25, -0.2) is 4.39 Å². The highest BCUT2D eigenvalue weighted by atomic mass is 19.1. The van der Waals surface area contributed by atoms with Crippen LogP contribution in [0.2, 0.25) is 0 Å². The summed E-state index contributed by atoms with van der Waals surface area (Å²) in [5.41, 5.74) is 7.25. The van der Waals surface area contributed by atoms with Gasteiger partial charge in [0, 0.05) is 5.54 Å². The van der Waals surface area contributed by atoms with E-state index in [9.17, 15) is 4.39 Å². The zero-order chi connectivity index (χ0) is 13.9. The van der Waals surface area contributed by atoms with E-state index in [4.69, 9.17) is 10.5 Å². The lowest BCUT2D eigenvalue weighted by Crippen LogP contribution is -2.35. The third-order valence-corrected chi connectivity index (χ3v) is 3.25. The standard InChI is InChI=1S/C16H18FNO/c1-16(18,13-8-4-3-5-9-13)11-12-7-6-10-14(19-2)15(12)17/h3-10H,11,18H2,1-2H3. The number of halogens is 1. The van der Waals surface area contributed by atoms with E-state index in [-0.39, 0.29) is 11.6 Å². The van der Waals surface area contributed by atoms with Gasteiger partial charge in [-0.15, -0.1) is 0 Å². The molecule has 0 aliphatic rings. The molecule has 0 aliphatic carbocycles. The fourth-order valence-corrected chi connectivity index (χ4v) is 2.17. The third-order valence-electron chi connectivity index (χ3n) is 3.25. The molecule has 3 heteroatoms. The highest BCUT2D eigenvalue weighted by Crippen LogP contribution is 2.27. The monoisotopic (exact) mass is 259 g/mol. The predicted octanol–water partition coefficient (Wildman–Crippen LogP) is 3.25. The van der Waals surface area contributed by atoms with E-state index in [1.807, 2.05) is 37.3 Å². The highest BCUT2D eigenvalue weighted by molar-refractivity contribution is 5.34. The van der Waals surface area contributed by atoms with Crippen molar-refractivity contribution in [2.75, 3.05) is 7.11 Å². The first kappa shape index (κ1) is 13.6. The molecule has 100 valence electrons. The number of hydrogen-bond donors (Lipinski definition) is 1. The Labute approximate surface area is 113 Å². The van der Waals surface area contributed by atoms with Crippen molar-refractivity contribution in [3.05, 3.63) is 65.5 Å². The molecule has 0 spiro atoms. The van der Waals surface area contributed by atoms with E-state index in [0.717, 1.165) is 5.56 Å². The lowest BCUT2D eigenvalue weighted by atomic mass is 9.86. The Balaban J connectivity index is 2.31. The van der Waals surface area contributed by atoms with E-state index >= 15 is 0 Å². The van der Waals surface area contributed by atoms with E-state index in [1.165, 1.54) is 7.11 Å². The van der Waals surface area contributed by atoms with Crippen LogP contribution in [0.1, 0.15) is 18.1 Å². The largest absolute Gasteiger partial charge is 0.494 e. The molecule has 0 fully saturated rings. The number of hydrogen-bond acceptors (Lipinski definition) is 2. The molecule has 0 heterocycles. The molecule has 0 radical (unpaired) electrons. The van der Waals surface area contributed by atoms with E-state index < -0.39 is 5.54 Å². The number of nitrogens with two attached hydrogens (primary N) is 1. The third kappa shape index (κ3) is 2.93. The molecule has 0 aromatic heterocycles. The Kier molecular flexibility index (Phi) is 3.86. The summed E-state index contributed by atoms with van der Waals surface area (Å²) in [6.07, 6.45) is 0.417. The van der Waals surface area contributed by atoms with E-state index in [2.05, 4.69) is 0 Å². The first-order chi connectivity index (χ1) is 9.04. The number of benzene rings is 2. The Hall–Kier alpha value is -1.87. The summed E-state index contributed by atoms with van der Waals surface area (Å²) in [5.74, 6) is -0.0843. The Morgan fingerprint density at radius 3 is 2.42 bits per heavy atom. The minimum absolute atomic E-state index is 0.251. The molecule has 0 aliphatic heterocycles. The molecule has 2 aromatic carbocycles. The SMILES string of the molecule is COc1cccc(CC(C)(N)c2ccccc2)c1F. The average Bonchev–Trinajstić information content (AvgIpc) is 2.42. The van der Waals surface area contributed by atoms with Crippen LogP contribution in [0.25, 0.3) is 0 Å². The highest BCUT2D eigenvalue weighted by Gasteiger charge is 2.23. The fraction of sp³-hybridized carbons (Fsp3) is 0.250. The summed E-state index contributed by atoms with van der Waals surface area (Å²) in [5, 5.41) is 0. The Morgan fingerprint density at radius 1 is 1.11 bits per heavy atom. The van der Waals surface area contributed by atoms with Crippen LogP contribution in [0, 0.1) is 5.82 Å². The molecule has 19 heavy (non-hydrogen) atoms. The van der Waals surface area contributed by atoms with Crippen molar-refractivity contribution in [2.24, 2.45) is 5.73 Å². The van der Waals surface area contributed by atoms with Crippen LogP contribution in [0.15, 0.2) is 48.5 Å². The normalized spacial score (nSPS) is 13.9. The zero-order valence-electron chi connectivity index (χ0n) is 11.2. The van der Waals surface area contributed by atoms with Crippen LogP contribution in [0.4, 0.5) is 4.39 Å². The molecule has 2 aromatic rings. The molecular weight excluding hydrogens is 241 g/mol. The van der Waals surface area contributed by atoms with Gasteiger partial charge in [-0.1, -0.05) is 42.5 Å². The predicted molar refractivity (Wildman–Crippen MR) is 74.6 cm³/mol. The van der Waals surface area contributed by atoms with Crippen LogP contribution in [-0.2, 0) is 12.0 Å². The molecule has 0 saturated heterocycles. The molecule has 0 bridgehead atoms. The maximum atomic E-state index is 14.1. The van der Waals surface area contributed by atoms with Crippen molar-refractivity contribution < 1.29 is 9.13 Å². The number of ether oxygens (including phenoxy) is 1. The molecule has 2 nitrogen and oxygen atoms in total. The summed E-state index contributed by atoms with van der Waals surface area (Å²) in [6, 6.07) is 14.8.